The van der Waals surface area contributed by atoms with Gasteiger partial charge >= 0.3 is 0 Å². The summed E-state index contributed by atoms with van der Waals surface area (Å²) in [6.45, 7) is 5.81. The van der Waals surface area contributed by atoms with Crippen molar-refractivity contribution in [1.82, 2.24) is 14.7 Å². The average Bonchev–Trinajstić information content (AvgIpc) is 3.23. The molecule has 0 aliphatic carbocycles. The predicted octanol–water partition coefficient (Wildman–Crippen LogP) is 3.19. The Bertz CT molecular complexity index is 1370. The van der Waals surface area contributed by atoms with Gasteiger partial charge in [0.25, 0.3) is 11.5 Å². The van der Waals surface area contributed by atoms with Crippen LogP contribution in [0, 0.1) is 12.8 Å². The number of ether oxygens (including phenoxy) is 4. The number of benzene rings is 2. The first kappa shape index (κ1) is 31.2. The number of aliphatic hydroxyl groups is 1. The van der Waals surface area contributed by atoms with Crippen LogP contribution in [0.15, 0.2) is 77.3 Å². The Labute approximate surface area is 246 Å². The van der Waals surface area contributed by atoms with Crippen LogP contribution >= 0.6 is 0 Å². The summed E-state index contributed by atoms with van der Waals surface area (Å²) in [7, 11) is 1.86. The van der Waals surface area contributed by atoms with Gasteiger partial charge in [-0.1, -0.05) is 48.5 Å². The molecule has 0 fully saturated rings. The second kappa shape index (κ2) is 15.5. The first-order valence-electron chi connectivity index (χ1n) is 14.4. The zero-order valence-electron chi connectivity index (χ0n) is 24.5. The predicted molar refractivity (Wildman–Crippen MR) is 158 cm³/mol. The minimum atomic E-state index is -0.763. The molecule has 0 radical (unpaired) electrons. The lowest BCUT2D eigenvalue weighted by Gasteiger charge is -2.36. The quantitative estimate of drug-likeness (QED) is 0.266. The SMILES string of the molecule is CCOC1OC(C(=O)NCc2ccccc2)=CC(c2c(C)n(C)n(-c3ccccc3)c2=O)C1CCOCCOCCO. The maximum Gasteiger partial charge on any atom is 0.286 e. The molecule has 0 bridgehead atoms. The lowest BCUT2D eigenvalue weighted by Crippen LogP contribution is -2.40. The molecule has 0 spiro atoms. The summed E-state index contributed by atoms with van der Waals surface area (Å²) in [6.07, 6.45) is 1.51. The van der Waals surface area contributed by atoms with E-state index in [1.165, 1.54) is 0 Å². The summed E-state index contributed by atoms with van der Waals surface area (Å²) in [4.78, 5) is 27.4. The number of para-hydroxylation sites is 1. The van der Waals surface area contributed by atoms with E-state index >= 15 is 0 Å². The van der Waals surface area contributed by atoms with Crippen molar-refractivity contribution in [3.05, 3.63) is 99.7 Å². The van der Waals surface area contributed by atoms with Crippen molar-refractivity contribution in [2.75, 3.05) is 39.6 Å². The number of hydrogen-bond acceptors (Lipinski definition) is 7. The van der Waals surface area contributed by atoms with Gasteiger partial charge in [-0.2, -0.15) is 0 Å². The van der Waals surface area contributed by atoms with Gasteiger partial charge < -0.3 is 29.4 Å². The van der Waals surface area contributed by atoms with Gasteiger partial charge in [-0.05, 0) is 44.0 Å². The van der Waals surface area contributed by atoms with Gasteiger partial charge in [0, 0.05) is 49.9 Å². The van der Waals surface area contributed by atoms with Crippen LogP contribution in [0.3, 0.4) is 0 Å². The van der Waals surface area contributed by atoms with E-state index in [-0.39, 0.29) is 36.4 Å². The highest BCUT2D eigenvalue weighted by Gasteiger charge is 2.41. The fourth-order valence-corrected chi connectivity index (χ4v) is 5.22. The maximum absolute atomic E-state index is 14.0. The van der Waals surface area contributed by atoms with Crippen LogP contribution in [0.25, 0.3) is 5.69 Å². The second-order valence-electron chi connectivity index (χ2n) is 10.0. The third-order valence-corrected chi connectivity index (χ3v) is 7.37. The Morgan fingerprint density at radius 3 is 2.33 bits per heavy atom. The molecule has 0 saturated carbocycles. The molecule has 226 valence electrons. The highest BCUT2D eigenvalue weighted by molar-refractivity contribution is 5.91. The van der Waals surface area contributed by atoms with Crippen molar-refractivity contribution < 1.29 is 28.8 Å². The van der Waals surface area contributed by atoms with Crippen molar-refractivity contribution >= 4 is 5.91 Å². The summed E-state index contributed by atoms with van der Waals surface area (Å²) in [5, 5.41) is 11.8. The van der Waals surface area contributed by atoms with Gasteiger partial charge in [-0.25, -0.2) is 4.68 Å². The molecule has 0 saturated heterocycles. The van der Waals surface area contributed by atoms with Gasteiger partial charge in [0.15, 0.2) is 5.76 Å². The minimum Gasteiger partial charge on any atom is -0.459 e. The minimum absolute atomic E-state index is 0.0400. The molecule has 42 heavy (non-hydrogen) atoms. The Morgan fingerprint density at radius 1 is 1.00 bits per heavy atom. The smallest absolute Gasteiger partial charge is 0.286 e. The molecule has 3 atom stereocenters. The topological polar surface area (TPSA) is 113 Å². The third kappa shape index (κ3) is 7.57. The van der Waals surface area contributed by atoms with Gasteiger partial charge in [-0.3, -0.25) is 14.3 Å². The molecular formula is C32H41N3O7. The lowest BCUT2D eigenvalue weighted by atomic mass is 9.81. The normalized spacial score (nSPS) is 18.4. The first-order valence-corrected chi connectivity index (χ1v) is 14.4. The highest BCUT2D eigenvalue weighted by Crippen LogP contribution is 2.39. The van der Waals surface area contributed by atoms with Crippen molar-refractivity contribution in [2.24, 2.45) is 13.0 Å². The van der Waals surface area contributed by atoms with E-state index in [9.17, 15) is 9.59 Å². The molecule has 4 rings (SSSR count). The lowest BCUT2D eigenvalue weighted by molar-refractivity contribution is -0.168. The maximum atomic E-state index is 14.0. The van der Waals surface area contributed by atoms with Gasteiger partial charge in [0.1, 0.15) is 0 Å². The number of hydrogen-bond donors (Lipinski definition) is 2. The number of carbonyl (C=O) groups is 1. The first-order chi connectivity index (χ1) is 20.5. The molecule has 10 heteroatoms. The van der Waals surface area contributed by atoms with Crippen LogP contribution in [0.4, 0.5) is 0 Å². The van der Waals surface area contributed by atoms with Crippen molar-refractivity contribution in [1.29, 1.82) is 0 Å². The molecule has 3 unspecified atom stereocenters. The van der Waals surface area contributed by atoms with Gasteiger partial charge in [0.05, 0.1) is 32.1 Å². The largest absolute Gasteiger partial charge is 0.459 e. The van der Waals surface area contributed by atoms with Gasteiger partial charge in [0.2, 0.25) is 6.29 Å². The summed E-state index contributed by atoms with van der Waals surface area (Å²) in [6, 6.07) is 19.1. The number of aromatic nitrogens is 2. The number of nitrogens with zero attached hydrogens (tertiary/aromatic N) is 2. The van der Waals surface area contributed by atoms with Crippen molar-refractivity contribution in [3.63, 3.8) is 0 Å². The summed E-state index contributed by atoms with van der Waals surface area (Å²) < 4.78 is 26.8. The van der Waals surface area contributed by atoms with Crippen LogP contribution in [-0.2, 0) is 37.3 Å². The molecule has 1 aliphatic heterocycles. The van der Waals surface area contributed by atoms with E-state index in [2.05, 4.69) is 5.32 Å². The van der Waals surface area contributed by atoms with Crippen molar-refractivity contribution in [2.45, 2.75) is 39.0 Å². The average molecular weight is 580 g/mol. The molecule has 2 N–H and O–H groups in total. The van der Waals surface area contributed by atoms with E-state index < -0.39 is 12.2 Å². The molecule has 10 nitrogen and oxygen atoms in total. The second-order valence-corrected chi connectivity index (χ2v) is 10.0. The van der Waals surface area contributed by atoms with E-state index in [4.69, 9.17) is 24.1 Å². The summed E-state index contributed by atoms with van der Waals surface area (Å²) in [5.74, 6) is -1.02. The molecule has 3 aromatic rings. The zero-order valence-corrected chi connectivity index (χ0v) is 24.5. The van der Waals surface area contributed by atoms with E-state index in [1.807, 2.05) is 86.2 Å². The zero-order chi connectivity index (χ0) is 29.9. The third-order valence-electron chi connectivity index (χ3n) is 7.37. The number of nitrogens with one attached hydrogen (secondary N) is 1. The number of rotatable bonds is 15. The molecule has 1 aliphatic rings. The number of amides is 1. The van der Waals surface area contributed by atoms with E-state index in [0.717, 1.165) is 16.9 Å². The Hall–Kier alpha value is -3.70. The molecule has 2 aromatic carbocycles. The fraction of sp³-hybridized carbons (Fsp3) is 0.438. The van der Waals surface area contributed by atoms with Crippen LogP contribution in [0.1, 0.15) is 36.1 Å². The van der Waals surface area contributed by atoms with Crippen molar-refractivity contribution in [3.8, 4) is 5.69 Å². The molecule has 1 aromatic heterocycles. The van der Waals surface area contributed by atoms with Crippen LogP contribution in [0.5, 0.6) is 0 Å². The Balaban J connectivity index is 1.66. The van der Waals surface area contributed by atoms with Crippen LogP contribution in [-0.4, -0.2) is 66.3 Å². The number of aliphatic hydroxyl groups excluding tert-OH is 1. The number of carbonyl (C=O) groups excluding carboxylic acids is 1. The molecule has 2 heterocycles. The van der Waals surface area contributed by atoms with E-state index in [0.29, 0.717) is 45.0 Å². The highest BCUT2D eigenvalue weighted by atomic mass is 16.7. The van der Waals surface area contributed by atoms with Crippen LogP contribution < -0.4 is 10.9 Å². The van der Waals surface area contributed by atoms with Gasteiger partial charge in [-0.15, -0.1) is 0 Å². The summed E-state index contributed by atoms with van der Waals surface area (Å²) >= 11 is 0. The monoisotopic (exact) mass is 579 g/mol. The molecular weight excluding hydrogens is 538 g/mol. The fourth-order valence-electron chi connectivity index (χ4n) is 5.22. The van der Waals surface area contributed by atoms with Crippen LogP contribution in [0.2, 0.25) is 0 Å². The summed E-state index contributed by atoms with van der Waals surface area (Å²) in [5.41, 5.74) is 2.92. The Kier molecular flexibility index (Phi) is 11.5. The standard InChI is InChI=1S/C32H41N3O7/c1-4-41-32-26(15-17-39-19-20-40-18-16-36)27(21-28(42-32)30(37)33-22-24-11-7-5-8-12-24)29-23(2)34(3)35(31(29)38)25-13-9-6-10-14-25/h5-14,21,26-27,32,36H,4,15-20,22H2,1-3H3,(H,33,37). The molecule has 1 amide bonds. The Morgan fingerprint density at radius 2 is 1.67 bits per heavy atom. The van der Waals surface area contributed by atoms with E-state index in [1.54, 1.807) is 10.8 Å². The number of allylic oxidation sites excluding steroid dienone is 1.